The maximum absolute atomic E-state index is 5.51. The van der Waals surface area contributed by atoms with Gasteiger partial charge in [-0.15, -0.1) is 5.10 Å². The second-order valence-corrected chi connectivity index (χ2v) is 3.49. The molecule has 0 bridgehead atoms. The molecule has 0 saturated carbocycles. The molecule has 5 heteroatoms. The molecule has 0 aliphatic rings. The maximum Gasteiger partial charge on any atom is 0.239 e. The molecule has 0 unspecified atom stereocenters. The zero-order chi connectivity index (χ0) is 9.90. The second kappa shape index (κ2) is 3.74. The second-order valence-electron chi connectivity index (χ2n) is 3.49. The largest absolute Gasteiger partial charge is 0.374 e. The summed E-state index contributed by atoms with van der Waals surface area (Å²) < 4.78 is 7.20. The summed E-state index contributed by atoms with van der Waals surface area (Å²) in [4.78, 5) is 3.83. The first-order chi connectivity index (χ1) is 6.03. The molecule has 0 amide bonds. The molecule has 0 fully saturated rings. The van der Waals surface area contributed by atoms with Crippen molar-refractivity contribution in [3.05, 3.63) is 6.33 Å². The summed E-state index contributed by atoms with van der Waals surface area (Å²) in [5, 5.41) is 3.98. The van der Waals surface area contributed by atoms with Crippen LogP contribution in [0.3, 0.4) is 0 Å². The van der Waals surface area contributed by atoms with Gasteiger partial charge in [-0.05, 0) is 20.8 Å². The highest BCUT2D eigenvalue weighted by atomic mass is 16.5. The van der Waals surface area contributed by atoms with Gasteiger partial charge in [0.1, 0.15) is 6.33 Å². The van der Waals surface area contributed by atoms with E-state index in [-0.39, 0.29) is 5.60 Å². The van der Waals surface area contributed by atoms with Crippen molar-refractivity contribution in [2.24, 2.45) is 0 Å². The van der Waals surface area contributed by atoms with Crippen molar-refractivity contribution in [3.8, 4) is 0 Å². The molecule has 1 aromatic rings. The number of nitrogens with zero attached hydrogens (tertiary/aromatic N) is 3. The number of rotatable bonds is 4. The van der Waals surface area contributed by atoms with Gasteiger partial charge in [0.15, 0.2) is 0 Å². The van der Waals surface area contributed by atoms with Crippen LogP contribution in [0.2, 0.25) is 0 Å². The zero-order valence-electron chi connectivity index (χ0n) is 8.32. The minimum atomic E-state index is -0.227. The molecule has 0 atom stereocenters. The minimum Gasteiger partial charge on any atom is -0.374 e. The average molecular weight is 184 g/mol. The van der Waals surface area contributed by atoms with Gasteiger partial charge in [-0.2, -0.15) is 0 Å². The van der Waals surface area contributed by atoms with E-state index in [1.165, 1.54) is 0 Å². The Morgan fingerprint density at radius 3 is 2.77 bits per heavy atom. The first kappa shape index (κ1) is 9.98. The third-order valence-electron chi connectivity index (χ3n) is 1.63. The number of aromatic nitrogens is 3. The monoisotopic (exact) mass is 184 g/mol. The molecular weight excluding hydrogens is 168 g/mol. The Bertz CT molecular complexity index is 269. The van der Waals surface area contributed by atoms with Crippen molar-refractivity contribution < 1.29 is 4.74 Å². The molecule has 74 valence electrons. The van der Waals surface area contributed by atoms with Crippen molar-refractivity contribution in [2.75, 3.05) is 12.3 Å². The van der Waals surface area contributed by atoms with Gasteiger partial charge in [0.2, 0.25) is 5.95 Å². The van der Waals surface area contributed by atoms with Crippen LogP contribution < -0.4 is 5.73 Å². The van der Waals surface area contributed by atoms with Gasteiger partial charge in [-0.1, -0.05) is 0 Å². The fraction of sp³-hybridized carbons (Fsp3) is 0.750. The molecule has 1 aromatic heterocycles. The highest BCUT2D eigenvalue weighted by molar-refractivity contribution is 5.09. The van der Waals surface area contributed by atoms with Gasteiger partial charge in [0.05, 0.1) is 12.1 Å². The van der Waals surface area contributed by atoms with Crippen molar-refractivity contribution in [1.29, 1.82) is 0 Å². The van der Waals surface area contributed by atoms with E-state index in [2.05, 4.69) is 10.1 Å². The predicted octanol–water partition coefficient (Wildman–Crippen LogP) is 0.675. The molecule has 1 rings (SSSR count). The van der Waals surface area contributed by atoms with Crippen LogP contribution in [0.1, 0.15) is 20.8 Å². The highest BCUT2D eigenvalue weighted by Gasteiger charge is 2.18. The maximum atomic E-state index is 5.51. The van der Waals surface area contributed by atoms with Crippen molar-refractivity contribution >= 4 is 5.95 Å². The Morgan fingerprint density at radius 1 is 1.62 bits per heavy atom. The number of hydrogen-bond donors (Lipinski definition) is 1. The topological polar surface area (TPSA) is 66.0 Å². The van der Waals surface area contributed by atoms with E-state index in [9.17, 15) is 0 Å². The first-order valence-corrected chi connectivity index (χ1v) is 4.32. The molecular formula is C8H16N4O. The van der Waals surface area contributed by atoms with E-state index in [0.29, 0.717) is 19.1 Å². The molecule has 0 aliphatic carbocycles. The van der Waals surface area contributed by atoms with E-state index in [1.807, 2.05) is 20.8 Å². The third-order valence-corrected chi connectivity index (χ3v) is 1.63. The van der Waals surface area contributed by atoms with E-state index >= 15 is 0 Å². The molecule has 13 heavy (non-hydrogen) atoms. The summed E-state index contributed by atoms with van der Waals surface area (Å²) in [7, 11) is 0. The van der Waals surface area contributed by atoms with E-state index in [4.69, 9.17) is 10.5 Å². The number of hydrogen-bond acceptors (Lipinski definition) is 4. The van der Waals surface area contributed by atoms with Gasteiger partial charge in [0, 0.05) is 6.61 Å². The quantitative estimate of drug-likeness (QED) is 0.747. The average Bonchev–Trinajstić information content (AvgIpc) is 2.34. The van der Waals surface area contributed by atoms with E-state index in [1.54, 1.807) is 11.0 Å². The van der Waals surface area contributed by atoms with Crippen LogP contribution in [-0.4, -0.2) is 27.0 Å². The molecule has 0 radical (unpaired) electrons. The lowest BCUT2D eigenvalue weighted by molar-refractivity contribution is -0.0246. The minimum absolute atomic E-state index is 0.227. The number of nitrogen functional groups attached to an aromatic ring is 1. The first-order valence-electron chi connectivity index (χ1n) is 4.32. The molecule has 0 spiro atoms. The SMILES string of the molecule is CCOC(C)(C)Cn1cnc(N)n1. The van der Waals surface area contributed by atoms with Gasteiger partial charge < -0.3 is 10.5 Å². The molecule has 2 N–H and O–H groups in total. The fourth-order valence-corrected chi connectivity index (χ4v) is 1.21. The predicted molar refractivity (Wildman–Crippen MR) is 50.1 cm³/mol. The van der Waals surface area contributed by atoms with Gasteiger partial charge in [-0.3, -0.25) is 0 Å². The Morgan fingerprint density at radius 2 is 2.31 bits per heavy atom. The van der Waals surface area contributed by atoms with Crippen molar-refractivity contribution in [2.45, 2.75) is 32.9 Å². The molecule has 0 saturated heterocycles. The Labute approximate surface area is 77.9 Å². The summed E-state index contributed by atoms with van der Waals surface area (Å²) in [6.07, 6.45) is 1.61. The summed E-state index contributed by atoms with van der Waals surface area (Å²) in [6.45, 7) is 7.34. The molecule has 1 heterocycles. The van der Waals surface area contributed by atoms with Gasteiger partial charge >= 0.3 is 0 Å². The van der Waals surface area contributed by atoms with Gasteiger partial charge in [-0.25, -0.2) is 9.67 Å². The Balaban J connectivity index is 2.57. The van der Waals surface area contributed by atoms with Crippen LogP contribution >= 0.6 is 0 Å². The van der Waals surface area contributed by atoms with Crippen LogP contribution in [0.15, 0.2) is 6.33 Å². The van der Waals surface area contributed by atoms with Crippen LogP contribution in [0, 0.1) is 0 Å². The van der Waals surface area contributed by atoms with Crippen LogP contribution in [0.4, 0.5) is 5.95 Å². The normalized spacial score (nSPS) is 11.9. The van der Waals surface area contributed by atoms with E-state index < -0.39 is 0 Å². The highest BCUT2D eigenvalue weighted by Crippen LogP contribution is 2.11. The summed E-state index contributed by atoms with van der Waals surface area (Å²) in [6, 6.07) is 0. The third kappa shape index (κ3) is 3.02. The molecule has 0 aliphatic heterocycles. The molecule has 5 nitrogen and oxygen atoms in total. The van der Waals surface area contributed by atoms with Crippen molar-refractivity contribution in [1.82, 2.24) is 14.8 Å². The Hall–Kier alpha value is -1.10. The summed E-state index contributed by atoms with van der Waals surface area (Å²) in [5.74, 6) is 0.298. The Kier molecular flexibility index (Phi) is 2.87. The number of nitrogens with two attached hydrogens (primary N) is 1. The van der Waals surface area contributed by atoms with Crippen molar-refractivity contribution in [3.63, 3.8) is 0 Å². The van der Waals surface area contributed by atoms with E-state index in [0.717, 1.165) is 0 Å². The number of anilines is 1. The number of ether oxygens (including phenoxy) is 1. The van der Waals surface area contributed by atoms with Crippen LogP contribution in [-0.2, 0) is 11.3 Å². The smallest absolute Gasteiger partial charge is 0.239 e. The van der Waals surface area contributed by atoms with Crippen LogP contribution in [0.25, 0.3) is 0 Å². The zero-order valence-corrected chi connectivity index (χ0v) is 8.32. The van der Waals surface area contributed by atoms with Gasteiger partial charge in [0.25, 0.3) is 0 Å². The lowest BCUT2D eigenvalue weighted by Crippen LogP contribution is -2.30. The lowest BCUT2D eigenvalue weighted by Gasteiger charge is -2.23. The standard InChI is InChI=1S/C8H16N4O/c1-4-13-8(2,3)5-12-6-10-7(9)11-12/h6H,4-5H2,1-3H3,(H2,9,11). The lowest BCUT2D eigenvalue weighted by atomic mass is 10.1. The van der Waals surface area contributed by atoms with Crippen LogP contribution in [0.5, 0.6) is 0 Å². The fourth-order valence-electron chi connectivity index (χ4n) is 1.21. The summed E-state index contributed by atoms with van der Waals surface area (Å²) in [5.41, 5.74) is 5.16. The summed E-state index contributed by atoms with van der Waals surface area (Å²) >= 11 is 0. The molecule has 0 aromatic carbocycles.